The van der Waals surface area contributed by atoms with Gasteiger partial charge in [-0.2, -0.15) is 0 Å². The van der Waals surface area contributed by atoms with E-state index in [1.165, 1.54) is 28.4 Å². The van der Waals surface area contributed by atoms with Crippen LogP contribution in [0.1, 0.15) is 11.7 Å². The summed E-state index contributed by atoms with van der Waals surface area (Å²) in [7, 11) is 0. The minimum atomic E-state index is -1.12. The number of aliphatic hydroxyl groups excluding tert-OH is 1. The molecule has 2 heterocycles. The lowest BCUT2D eigenvalue weighted by molar-refractivity contribution is -0.157. The van der Waals surface area contributed by atoms with Crippen molar-refractivity contribution in [2.75, 3.05) is 12.3 Å². The average molecular weight is 352 g/mol. The largest absolute Gasteiger partial charge is 0.477 e. The summed E-state index contributed by atoms with van der Waals surface area (Å²) in [4.78, 5) is 25.2. The zero-order valence-electron chi connectivity index (χ0n) is 12.1. The van der Waals surface area contributed by atoms with Crippen molar-refractivity contribution in [3.05, 3.63) is 45.8 Å². The van der Waals surface area contributed by atoms with Gasteiger partial charge in [0.05, 0.1) is 16.3 Å². The van der Waals surface area contributed by atoms with Crippen molar-refractivity contribution in [3.63, 3.8) is 0 Å². The predicted octanol–water partition coefficient (Wildman–Crippen LogP) is 1.20. The van der Waals surface area contributed by atoms with Crippen molar-refractivity contribution in [1.29, 1.82) is 0 Å². The molecule has 3 rings (SSSR count). The van der Waals surface area contributed by atoms with Crippen molar-refractivity contribution in [1.82, 2.24) is 4.90 Å². The SMILES string of the molecule is NCCSC1=C(C(=O)O)N2C(=O)[C@H](C(O)c3ccccc3)[C@H]2S1. The Morgan fingerprint density at radius 3 is 2.70 bits per heavy atom. The molecule has 2 aliphatic rings. The summed E-state index contributed by atoms with van der Waals surface area (Å²) in [5, 5.41) is 19.5. The second-order valence-corrected chi connectivity index (χ2v) is 7.67. The molecule has 4 N–H and O–H groups in total. The number of β-lactam (4-membered cyclic amide) rings is 1. The highest BCUT2D eigenvalue weighted by atomic mass is 32.2. The number of nitrogens with two attached hydrogens (primary N) is 1. The van der Waals surface area contributed by atoms with E-state index in [9.17, 15) is 19.8 Å². The molecule has 0 bridgehead atoms. The molecule has 1 aromatic rings. The number of carboxylic acids is 1. The Hall–Kier alpha value is -1.48. The Balaban J connectivity index is 1.82. The standard InChI is InChI=1S/C15H16N2O4S2/c16-6-7-22-15-10(14(20)21)17-12(19)9(13(17)23-15)11(18)8-4-2-1-3-5-8/h1-5,9,11,13,18H,6-7,16H2,(H,20,21)/t9-,11?,13+/m0/s1. The predicted molar refractivity (Wildman–Crippen MR) is 89.3 cm³/mol. The number of carboxylic acid groups (broad SMARTS) is 1. The number of fused-ring (bicyclic) bond motifs is 1. The number of aliphatic hydroxyl groups is 1. The second kappa shape index (κ2) is 6.56. The molecule has 1 fully saturated rings. The van der Waals surface area contributed by atoms with Crippen LogP contribution >= 0.6 is 23.5 Å². The van der Waals surface area contributed by atoms with E-state index < -0.39 is 18.0 Å². The van der Waals surface area contributed by atoms with Crippen LogP contribution in [0, 0.1) is 5.92 Å². The van der Waals surface area contributed by atoms with E-state index in [1.54, 1.807) is 24.3 Å². The van der Waals surface area contributed by atoms with Gasteiger partial charge in [-0.05, 0) is 5.56 Å². The van der Waals surface area contributed by atoms with Gasteiger partial charge in [0.15, 0.2) is 5.70 Å². The van der Waals surface area contributed by atoms with Gasteiger partial charge in [-0.1, -0.05) is 42.1 Å². The van der Waals surface area contributed by atoms with Gasteiger partial charge in [0.2, 0.25) is 5.91 Å². The normalized spacial score (nSPS) is 24.4. The molecule has 1 amide bonds. The smallest absolute Gasteiger partial charge is 0.354 e. The number of carbonyl (C=O) groups excluding carboxylic acids is 1. The molecule has 0 aliphatic carbocycles. The van der Waals surface area contributed by atoms with E-state index in [4.69, 9.17) is 5.73 Å². The van der Waals surface area contributed by atoms with E-state index in [0.717, 1.165) is 0 Å². The van der Waals surface area contributed by atoms with E-state index in [0.29, 0.717) is 22.1 Å². The molecule has 2 aliphatic heterocycles. The lowest BCUT2D eigenvalue weighted by atomic mass is 9.87. The first kappa shape index (κ1) is 16.4. The van der Waals surface area contributed by atoms with Gasteiger partial charge in [0.25, 0.3) is 0 Å². The van der Waals surface area contributed by atoms with Crippen LogP contribution in [0.2, 0.25) is 0 Å². The van der Waals surface area contributed by atoms with Crippen molar-refractivity contribution in [2.45, 2.75) is 11.5 Å². The Labute approximate surface area is 141 Å². The highest BCUT2D eigenvalue weighted by Gasteiger charge is 2.58. The number of amides is 1. The third-order valence-electron chi connectivity index (χ3n) is 3.78. The maximum absolute atomic E-state index is 12.4. The average Bonchev–Trinajstić information content (AvgIpc) is 2.88. The van der Waals surface area contributed by atoms with Crippen LogP contribution in [0.15, 0.2) is 40.3 Å². The molecule has 1 saturated heterocycles. The van der Waals surface area contributed by atoms with E-state index in [2.05, 4.69) is 0 Å². The first-order chi connectivity index (χ1) is 11.1. The maximum atomic E-state index is 12.4. The fourth-order valence-corrected chi connectivity index (χ4v) is 5.39. The number of hydrogen-bond acceptors (Lipinski definition) is 6. The summed E-state index contributed by atoms with van der Waals surface area (Å²) < 4.78 is 0.587. The Morgan fingerprint density at radius 2 is 2.09 bits per heavy atom. The minimum Gasteiger partial charge on any atom is -0.477 e. The number of rotatable bonds is 6. The lowest BCUT2D eigenvalue weighted by Crippen LogP contribution is -2.59. The molecule has 0 radical (unpaired) electrons. The third kappa shape index (κ3) is 2.76. The number of benzene rings is 1. The van der Waals surface area contributed by atoms with Gasteiger partial charge in [-0.3, -0.25) is 9.69 Å². The molecule has 122 valence electrons. The van der Waals surface area contributed by atoms with Crippen molar-refractivity contribution in [2.24, 2.45) is 11.7 Å². The van der Waals surface area contributed by atoms with Gasteiger partial charge in [-0.25, -0.2) is 4.79 Å². The fourth-order valence-electron chi connectivity index (χ4n) is 2.71. The van der Waals surface area contributed by atoms with Crippen LogP contribution in [0.3, 0.4) is 0 Å². The highest BCUT2D eigenvalue weighted by Crippen LogP contribution is 2.55. The van der Waals surface area contributed by atoms with E-state index in [-0.39, 0.29) is 17.0 Å². The minimum absolute atomic E-state index is 0.0139. The summed E-state index contributed by atoms with van der Waals surface area (Å²) in [6, 6.07) is 8.95. The van der Waals surface area contributed by atoms with E-state index in [1.807, 2.05) is 6.07 Å². The molecule has 0 spiro atoms. The van der Waals surface area contributed by atoms with Crippen molar-refractivity contribution in [3.8, 4) is 0 Å². The van der Waals surface area contributed by atoms with Crippen LogP contribution < -0.4 is 5.73 Å². The topological polar surface area (TPSA) is 104 Å². The fraction of sp³-hybridized carbons (Fsp3) is 0.333. The van der Waals surface area contributed by atoms with Crippen LogP contribution in [-0.2, 0) is 9.59 Å². The van der Waals surface area contributed by atoms with Gasteiger partial charge >= 0.3 is 5.97 Å². The third-order valence-corrected chi connectivity index (χ3v) is 6.47. The van der Waals surface area contributed by atoms with Gasteiger partial charge in [0.1, 0.15) is 5.37 Å². The second-order valence-electron chi connectivity index (χ2n) is 5.18. The number of nitrogens with zero attached hydrogens (tertiary/aromatic N) is 1. The van der Waals surface area contributed by atoms with Gasteiger partial charge < -0.3 is 15.9 Å². The Bertz CT molecular complexity index is 665. The summed E-state index contributed by atoms with van der Waals surface area (Å²) in [5.74, 6) is -1.52. The molecule has 0 saturated carbocycles. The Kier molecular flexibility index (Phi) is 4.67. The van der Waals surface area contributed by atoms with Crippen LogP contribution in [-0.4, -0.2) is 44.7 Å². The quantitative estimate of drug-likeness (QED) is 0.661. The first-order valence-electron chi connectivity index (χ1n) is 7.09. The van der Waals surface area contributed by atoms with E-state index >= 15 is 0 Å². The molecule has 8 heteroatoms. The molecule has 6 nitrogen and oxygen atoms in total. The number of hydrogen-bond donors (Lipinski definition) is 3. The van der Waals surface area contributed by atoms with Gasteiger partial charge in [-0.15, -0.1) is 11.8 Å². The van der Waals surface area contributed by atoms with Crippen LogP contribution in [0.5, 0.6) is 0 Å². The summed E-state index contributed by atoms with van der Waals surface area (Å²) in [6.45, 7) is 0.427. The first-order valence-corrected chi connectivity index (χ1v) is 8.96. The Morgan fingerprint density at radius 1 is 1.39 bits per heavy atom. The van der Waals surface area contributed by atoms with Gasteiger partial charge in [0, 0.05) is 12.3 Å². The summed E-state index contributed by atoms with van der Waals surface area (Å²) >= 11 is 2.66. The van der Waals surface area contributed by atoms with Crippen LogP contribution in [0.25, 0.3) is 0 Å². The zero-order valence-corrected chi connectivity index (χ0v) is 13.7. The molecule has 1 aromatic carbocycles. The molecule has 23 heavy (non-hydrogen) atoms. The van der Waals surface area contributed by atoms with Crippen molar-refractivity contribution < 1.29 is 19.8 Å². The molecular formula is C15H16N2O4S2. The molecule has 1 unspecified atom stereocenters. The lowest BCUT2D eigenvalue weighted by Gasteiger charge is -2.44. The summed E-state index contributed by atoms with van der Waals surface area (Å²) in [5.41, 5.74) is 6.14. The zero-order chi connectivity index (χ0) is 16.6. The maximum Gasteiger partial charge on any atom is 0.354 e. The molecule has 0 aromatic heterocycles. The highest BCUT2D eigenvalue weighted by molar-refractivity contribution is 8.22. The molecule has 3 atom stereocenters. The summed E-state index contributed by atoms with van der Waals surface area (Å²) in [6.07, 6.45) is -0.939. The van der Waals surface area contributed by atoms with Crippen molar-refractivity contribution >= 4 is 35.4 Å². The number of thioether (sulfide) groups is 2. The molecular weight excluding hydrogens is 336 g/mol. The van der Waals surface area contributed by atoms with Crippen LogP contribution in [0.4, 0.5) is 0 Å². The monoisotopic (exact) mass is 352 g/mol. The number of carbonyl (C=O) groups is 2. The number of aliphatic carboxylic acids is 1.